The van der Waals surface area contributed by atoms with Crippen LogP contribution in [0.5, 0.6) is 0 Å². The van der Waals surface area contributed by atoms with Crippen molar-refractivity contribution in [3.63, 3.8) is 0 Å². The molecule has 0 bridgehead atoms. The molecule has 2 saturated heterocycles. The Morgan fingerprint density at radius 2 is 1.73 bits per heavy atom. The molecular weight excluding hydrogens is 204 g/mol. The Bertz CT molecular complexity index is 392. The first-order chi connectivity index (χ1) is 6.93. The summed E-state index contributed by atoms with van der Waals surface area (Å²) in [5.41, 5.74) is -1.44. The number of hydrogen-bond donors (Lipinski definition) is 4. The molecule has 2 atom stereocenters. The highest BCUT2D eigenvalue weighted by molar-refractivity contribution is 6.14. The molecule has 8 nitrogen and oxygen atoms in total. The van der Waals surface area contributed by atoms with E-state index in [0.717, 1.165) is 0 Å². The molecule has 0 saturated carbocycles. The van der Waals surface area contributed by atoms with Crippen LogP contribution in [0.25, 0.3) is 0 Å². The van der Waals surface area contributed by atoms with Crippen LogP contribution in [0.2, 0.25) is 0 Å². The number of urea groups is 2. The van der Waals surface area contributed by atoms with Crippen molar-refractivity contribution in [1.82, 2.24) is 21.3 Å². The van der Waals surface area contributed by atoms with Crippen molar-refractivity contribution in [2.75, 3.05) is 0 Å². The van der Waals surface area contributed by atoms with Gasteiger partial charge in [-0.15, -0.1) is 0 Å². The van der Waals surface area contributed by atoms with Crippen molar-refractivity contribution in [2.45, 2.75) is 18.5 Å². The van der Waals surface area contributed by atoms with Gasteiger partial charge in [0.2, 0.25) is 0 Å². The fraction of sp³-hybridized carbons (Fsp3) is 0.429. The van der Waals surface area contributed by atoms with Crippen LogP contribution in [0.15, 0.2) is 0 Å². The van der Waals surface area contributed by atoms with E-state index >= 15 is 0 Å². The van der Waals surface area contributed by atoms with Gasteiger partial charge in [-0.1, -0.05) is 0 Å². The lowest BCUT2D eigenvalue weighted by Gasteiger charge is -2.24. The number of carbonyl (C=O) groups is 4. The minimum absolute atomic E-state index is 0.639. The summed E-state index contributed by atoms with van der Waals surface area (Å²) in [5, 5.41) is 8.54. The van der Waals surface area contributed by atoms with E-state index in [9.17, 15) is 19.2 Å². The molecule has 8 heteroatoms. The summed E-state index contributed by atoms with van der Waals surface area (Å²) in [6.07, 6.45) is 0. The molecule has 0 aliphatic carbocycles. The maximum atomic E-state index is 11.4. The maximum Gasteiger partial charge on any atom is 0.322 e. The molecule has 80 valence electrons. The predicted molar refractivity (Wildman–Crippen MR) is 45.5 cm³/mol. The second-order valence-corrected chi connectivity index (χ2v) is 3.51. The smallest absolute Gasteiger partial charge is 0.322 e. The molecule has 2 aliphatic rings. The number of hydrogen-bond acceptors (Lipinski definition) is 4. The topological polar surface area (TPSA) is 116 Å². The van der Waals surface area contributed by atoms with E-state index in [4.69, 9.17) is 0 Å². The van der Waals surface area contributed by atoms with Gasteiger partial charge < -0.3 is 10.6 Å². The summed E-state index contributed by atoms with van der Waals surface area (Å²) in [5.74, 6) is -1.28. The van der Waals surface area contributed by atoms with E-state index in [1.807, 2.05) is 10.6 Å². The Morgan fingerprint density at radius 3 is 2.13 bits per heavy atom. The van der Waals surface area contributed by atoms with Gasteiger partial charge >= 0.3 is 12.1 Å². The van der Waals surface area contributed by atoms with E-state index in [0.29, 0.717) is 0 Å². The van der Waals surface area contributed by atoms with Gasteiger partial charge in [0.25, 0.3) is 11.8 Å². The van der Waals surface area contributed by atoms with Crippen LogP contribution in [0.1, 0.15) is 6.92 Å². The average molecular weight is 212 g/mol. The Morgan fingerprint density at radius 1 is 1.07 bits per heavy atom. The van der Waals surface area contributed by atoms with Gasteiger partial charge in [0.05, 0.1) is 0 Å². The van der Waals surface area contributed by atoms with Gasteiger partial charge in [-0.3, -0.25) is 20.2 Å². The van der Waals surface area contributed by atoms with Crippen molar-refractivity contribution in [3.8, 4) is 0 Å². The highest BCUT2D eigenvalue weighted by Gasteiger charge is 2.54. The molecule has 6 amide bonds. The van der Waals surface area contributed by atoms with Gasteiger partial charge in [-0.2, -0.15) is 0 Å². The lowest BCUT2D eigenvalue weighted by molar-refractivity contribution is -0.129. The number of nitrogens with one attached hydrogen (secondary N) is 4. The third-order valence-electron chi connectivity index (χ3n) is 2.42. The van der Waals surface area contributed by atoms with E-state index in [-0.39, 0.29) is 0 Å². The van der Waals surface area contributed by atoms with E-state index in [1.54, 1.807) is 0 Å². The Balaban J connectivity index is 2.30. The van der Waals surface area contributed by atoms with E-state index in [2.05, 4.69) is 10.6 Å². The number of rotatable bonds is 1. The molecule has 0 spiro atoms. The lowest BCUT2D eigenvalue weighted by Crippen LogP contribution is -2.60. The molecule has 0 radical (unpaired) electrons. The van der Waals surface area contributed by atoms with Crippen LogP contribution in [0.4, 0.5) is 9.59 Å². The fourth-order valence-corrected chi connectivity index (χ4v) is 1.58. The van der Waals surface area contributed by atoms with Crippen LogP contribution in [-0.2, 0) is 9.59 Å². The van der Waals surface area contributed by atoms with Gasteiger partial charge in [0, 0.05) is 0 Å². The minimum atomic E-state index is -1.44. The summed E-state index contributed by atoms with van der Waals surface area (Å²) in [4.78, 5) is 44.5. The molecule has 2 rings (SSSR count). The Hall–Kier alpha value is -2.12. The second kappa shape index (κ2) is 2.69. The first-order valence-corrected chi connectivity index (χ1v) is 4.18. The second-order valence-electron chi connectivity index (χ2n) is 3.51. The molecule has 0 aromatic heterocycles. The third kappa shape index (κ3) is 1.22. The summed E-state index contributed by atoms with van der Waals surface area (Å²) in [6, 6.07) is -2.45. The van der Waals surface area contributed by atoms with Crippen molar-refractivity contribution >= 4 is 23.9 Å². The zero-order valence-electron chi connectivity index (χ0n) is 7.71. The number of amides is 6. The molecule has 0 aromatic carbocycles. The molecular formula is C7H8N4O4. The third-order valence-corrected chi connectivity index (χ3v) is 2.42. The molecule has 2 heterocycles. The molecule has 4 N–H and O–H groups in total. The standard InChI is InChI=1S/C7H8N4O4/c1-7(4(13)10-6(15)11-7)2-3(12)9-5(14)8-2/h2H,1H3,(H2,8,9,12,14)(H2,10,11,13,15). The lowest BCUT2D eigenvalue weighted by atomic mass is 9.92. The largest absolute Gasteiger partial charge is 0.323 e. The molecule has 15 heavy (non-hydrogen) atoms. The van der Waals surface area contributed by atoms with Crippen LogP contribution in [-0.4, -0.2) is 35.5 Å². The monoisotopic (exact) mass is 212 g/mol. The molecule has 2 aliphatic heterocycles. The zero-order valence-corrected chi connectivity index (χ0v) is 7.71. The van der Waals surface area contributed by atoms with Crippen molar-refractivity contribution in [3.05, 3.63) is 0 Å². The molecule has 2 unspecified atom stereocenters. The van der Waals surface area contributed by atoms with Crippen LogP contribution < -0.4 is 21.3 Å². The molecule has 2 fully saturated rings. The average Bonchev–Trinajstić information content (AvgIpc) is 2.55. The number of carbonyl (C=O) groups excluding carboxylic acids is 4. The van der Waals surface area contributed by atoms with Crippen molar-refractivity contribution in [1.29, 1.82) is 0 Å². The van der Waals surface area contributed by atoms with Crippen molar-refractivity contribution in [2.24, 2.45) is 0 Å². The van der Waals surface area contributed by atoms with Gasteiger partial charge in [0.1, 0.15) is 11.6 Å². The first-order valence-electron chi connectivity index (χ1n) is 4.18. The van der Waals surface area contributed by atoms with Gasteiger partial charge in [-0.05, 0) is 6.92 Å². The van der Waals surface area contributed by atoms with Crippen LogP contribution in [0.3, 0.4) is 0 Å². The zero-order chi connectivity index (χ0) is 11.2. The van der Waals surface area contributed by atoms with E-state index < -0.39 is 35.5 Å². The van der Waals surface area contributed by atoms with Crippen LogP contribution in [0, 0.1) is 0 Å². The summed E-state index contributed by atoms with van der Waals surface area (Å²) in [6.45, 7) is 1.36. The number of imide groups is 2. The van der Waals surface area contributed by atoms with Crippen LogP contribution >= 0.6 is 0 Å². The summed E-state index contributed by atoms with van der Waals surface area (Å²) >= 11 is 0. The fourth-order valence-electron chi connectivity index (χ4n) is 1.58. The van der Waals surface area contributed by atoms with E-state index in [1.165, 1.54) is 6.92 Å². The minimum Gasteiger partial charge on any atom is -0.323 e. The quantitative estimate of drug-likeness (QED) is 0.369. The molecule has 0 aromatic rings. The van der Waals surface area contributed by atoms with Crippen molar-refractivity contribution < 1.29 is 19.2 Å². The summed E-state index contributed by atoms with van der Waals surface area (Å²) in [7, 11) is 0. The predicted octanol–water partition coefficient (Wildman–Crippen LogP) is -2.21. The first kappa shape index (κ1) is 9.44. The highest BCUT2D eigenvalue weighted by atomic mass is 16.2. The normalized spacial score (nSPS) is 34.6. The highest BCUT2D eigenvalue weighted by Crippen LogP contribution is 2.17. The maximum absolute atomic E-state index is 11.4. The summed E-state index contributed by atoms with van der Waals surface area (Å²) < 4.78 is 0. The van der Waals surface area contributed by atoms with Gasteiger partial charge in [0.15, 0.2) is 0 Å². The van der Waals surface area contributed by atoms with Gasteiger partial charge in [-0.25, -0.2) is 9.59 Å². The Labute approximate surface area is 83.8 Å². The Kier molecular flexibility index (Phi) is 1.69. The SMILES string of the molecule is CC1(C2NC(=O)NC2=O)NC(=O)NC1=O.